The number of anilines is 1. The van der Waals surface area contributed by atoms with Gasteiger partial charge in [-0.25, -0.2) is 19.3 Å². The maximum atomic E-state index is 14.2. The molecule has 2 atom stereocenters. The topological polar surface area (TPSA) is 116 Å². The third-order valence-corrected chi connectivity index (χ3v) is 8.46. The maximum Gasteiger partial charge on any atom is 0.152 e. The van der Waals surface area contributed by atoms with Crippen molar-refractivity contribution in [3.63, 3.8) is 0 Å². The average Bonchev–Trinajstić information content (AvgIpc) is 3.61. The van der Waals surface area contributed by atoms with Crippen molar-refractivity contribution in [2.45, 2.75) is 23.9 Å². The second-order valence-electron chi connectivity index (χ2n) is 8.64. The first-order valence-corrected chi connectivity index (χ1v) is 12.6. The van der Waals surface area contributed by atoms with Gasteiger partial charge in [-0.15, -0.1) is 0 Å². The zero-order valence-electron chi connectivity index (χ0n) is 17.8. The van der Waals surface area contributed by atoms with Gasteiger partial charge in [-0.2, -0.15) is 15.7 Å². The molecule has 1 fully saturated rings. The molecule has 172 valence electrons. The molecule has 11 heteroatoms. The van der Waals surface area contributed by atoms with Crippen LogP contribution in [-0.4, -0.2) is 64.3 Å². The van der Waals surface area contributed by atoms with Crippen molar-refractivity contribution in [3.05, 3.63) is 48.7 Å². The van der Waals surface area contributed by atoms with E-state index in [1.165, 1.54) is 6.33 Å². The van der Waals surface area contributed by atoms with Crippen LogP contribution in [0.25, 0.3) is 22.3 Å². The maximum absolute atomic E-state index is 14.2. The Hall–Kier alpha value is -3.02. The van der Waals surface area contributed by atoms with E-state index in [0.29, 0.717) is 29.6 Å². The van der Waals surface area contributed by atoms with Gasteiger partial charge in [-0.3, -0.25) is 13.8 Å². The minimum atomic E-state index is -2.79. The lowest BCUT2D eigenvalue weighted by Crippen LogP contribution is -2.26. The summed E-state index contributed by atoms with van der Waals surface area (Å²) in [6.07, 6.45) is 8.33. The SMILES string of the molecule is OS1(O)CCc2ccc(N3CCC(C(CF)n4cc(-c5ncnc6[nH]ccc56)cn4)C3)nc21. The lowest BCUT2D eigenvalue weighted by Gasteiger charge is -2.27. The number of aromatic amines is 1. The molecule has 0 amide bonds. The first-order chi connectivity index (χ1) is 16.0. The third-order valence-electron chi connectivity index (χ3n) is 6.71. The number of fused-ring (bicyclic) bond motifs is 2. The fraction of sp³-hybridized carbons (Fsp3) is 0.364. The van der Waals surface area contributed by atoms with Crippen molar-refractivity contribution in [2.75, 3.05) is 30.4 Å². The zero-order valence-corrected chi connectivity index (χ0v) is 18.6. The van der Waals surface area contributed by atoms with E-state index in [0.717, 1.165) is 40.8 Å². The molecule has 0 spiro atoms. The Balaban J connectivity index is 1.23. The van der Waals surface area contributed by atoms with Crippen LogP contribution < -0.4 is 4.90 Å². The molecule has 4 aromatic heterocycles. The van der Waals surface area contributed by atoms with E-state index in [2.05, 4.69) is 29.9 Å². The van der Waals surface area contributed by atoms with Crippen LogP contribution in [0.3, 0.4) is 0 Å². The largest absolute Gasteiger partial charge is 0.356 e. The smallest absolute Gasteiger partial charge is 0.152 e. The summed E-state index contributed by atoms with van der Waals surface area (Å²) < 4.78 is 36.5. The number of aromatic nitrogens is 6. The van der Waals surface area contributed by atoms with Crippen LogP contribution in [0, 0.1) is 5.92 Å². The summed E-state index contributed by atoms with van der Waals surface area (Å²) in [6.45, 7) is 0.835. The molecule has 0 aromatic carbocycles. The first kappa shape index (κ1) is 20.6. The Kier molecular flexibility index (Phi) is 4.86. The van der Waals surface area contributed by atoms with Gasteiger partial charge in [-0.1, -0.05) is 6.07 Å². The van der Waals surface area contributed by atoms with E-state index >= 15 is 0 Å². The molecule has 1 saturated heterocycles. The molecule has 0 radical (unpaired) electrons. The number of aryl methyl sites for hydroxylation is 1. The molecule has 2 aliphatic heterocycles. The van der Waals surface area contributed by atoms with Gasteiger partial charge in [0.15, 0.2) is 5.03 Å². The predicted molar refractivity (Wildman–Crippen MR) is 124 cm³/mol. The van der Waals surface area contributed by atoms with E-state index in [1.54, 1.807) is 10.9 Å². The van der Waals surface area contributed by atoms with Gasteiger partial charge < -0.3 is 9.88 Å². The highest BCUT2D eigenvalue weighted by atomic mass is 32.3. The molecule has 0 bridgehead atoms. The standard InChI is InChI=1S/C22H24FN7O2S/c23-9-18(30-12-16(10-27-30)20-17-3-6-24-21(17)26-13-25-20)15-4-7-29(11-15)19-2-1-14-5-8-33(31,32)22(14)28-19/h1-3,6,10,12-13,15,18,31-32H,4-5,7-9,11H2,(H,24,25,26). The van der Waals surface area contributed by atoms with Crippen LogP contribution in [0.4, 0.5) is 10.2 Å². The number of hydrogen-bond donors (Lipinski definition) is 3. The molecule has 6 heterocycles. The van der Waals surface area contributed by atoms with Crippen molar-refractivity contribution in [2.24, 2.45) is 5.92 Å². The molecular formula is C22H24FN7O2S. The average molecular weight is 470 g/mol. The van der Waals surface area contributed by atoms with E-state index in [-0.39, 0.29) is 5.92 Å². The second-order valence-corrected chi connectivity index (χ2v) is 10.8. The summed E-state index contributed by atoms with van der Waals surface area (Å²) in [7, 11) is -2.79. The zero-order chi connectivity index (χ0) is 22.6. The van der Waals surface area contributed by atoms with Crippen LogP contribution in [0.2, 0.25) is 0 Å². The number of alkyl halides is 1. The fourth-order valence-corrected chi connectivity index (χ4v) is 6.45. The van der Waals surface area contributed by atoms with Crippen molar-refractivity contribution in [3.8, 4) is 11.3 Å². The molecule has 9 nitrogen and oxygen atoms in total. The van der Waals surface area contributed by atoms with Gasteiger partial charge in [0.2, 0.25) is 0 Å². The first-order valence-electron chi connectivity index (χ1n) is 10.9. The Labute approximate surface area is 191 Å². The minimum absolute atomic E-state index is 0.0517. The number of nitrogens with zero attached hydrogens (tertiary/aromatic N) is 6. The quantitative estimate of drug-likeness (QED) is 0.406. The highest BCUT2D eigenvalue weighted by molar-refractivity contribution is 8.24. The Morgan fingerprint density at radius 3 is 3.03 bits per heavy atom. The summed E-state index contributed by atoms with van der Waals surface area (Å²) in [5.41, 5.74) is 3.24. The van der Waals surface area contributed by atoms with Gasteiger partial charge in [0.05, 0.1) is 17.9 Å². The fourth-order valence-electron chi connectivity index (χ4n) is 4.92. The normalized spacial score (nSPS) is 21.4. The number of H-pyrrole nitrogens is 1. The highest BCUT2D eigenvalue weighted by Crippen LogP contribution is 2.54. The van der Waals surface area contributed by atoms with E-state index in [1.807, 2.05) is 30.6 Å². The second kappa shape index (κ2) is 7.79. The summed E-state index contributed by atoms with van der Waals surface area (Å²) in [5, 5.41) is 5.79. The summed E-state index contributed by atoms with van der Waals surface area (Å²) in [6, 6.07) is 5.38. The van der Waals surface area contributed by atoms with Crippen LogP contribution >= 0.6 is 10.6 Å². The lowest BCUT2D eigenvalue weighted by molar-refractivity contribution is 0.257. The molecule has 4 aromatic rings. The Morgan fingerprint density at radius 1 is 1.24 bits per heavy atom. The highest BCUT2D eigenvalue weighted by Gasteiger charge is 2.34. The summed E-state index contributed by atoms with van der Waals surface area (Å²) >= 11 is 0. The molecule has 3 N–H and O–H groups in total. The minimum Gasteiger partial charge on any atom is -0.356 e. The molecule has 0 aliphatic carbocycles. The molecule has 33 heavy (non-hydrogen) atoms. The molecule has 6 rings (SSSR count). The number of pyridine rings is 1. The number of hydrogen-bond acceptors (Lipinski definition) is 7. The molecule has 0 saturated carbocycles. The number of nitrogens with one attached hydrogen (secondary N) is 1. The van der Waals surface area contributed by atoms with Gasteiger partial charge in [-0.05, 0) is 30.5 Å². The third kappa shape index (κ3) is 3.47. The van der Waals surface area contributed by atoms with E-state index in [4.69, 9.17) is 0 Å². The lowest BCUT2D eigenvalue weighted by atomic mass is 10.0. The molecule has 2 aliphatic rings. The van der Waals surface area contributed by atoms with Crippen molar-refractivity contribution in [1.29, 1.82) is 0 Å². The Morgan fingerprint density at radius 2 is 2.15 bits per heavy atom. The van der Waals surface area contributed by atoms with E-state index < -0.39 is 23.3 Å². The monoisotopic (exact) mass is 469 g/mol. The predicted octanol–water partition coefficient (Wildman–Crippen LogP) is 3.92. The van der Waals surface area contributed by atoms with Gasteiger partial charge in [0.25, 0.3) is 0 Å². The number of rotatable bonds is 5. The van der Waals surface area contributed by atoms with Crippen LogP contribution in [0.5, 0.6) is 0 Å². The van der Waals surface area contributed by atoms with Crippen molar-refractivity contribution >= 4 is 27.4 Å². The molecule has 2 unspecified atom stereocenters. The van der Waals surface area contributed by atoms with Gasteiger partial charge in [0.1, 0.15) is 24.5 Å². The number of halogens is 1. The van der Waals surface area contributed by atoms with Crippen molar-refractivity contribution in [1.82, 2.24) is 29.7 Å². The van der Waals surface area contributed by atoms with Crippen LogP contribution in [0.15, 0.2) is 48.1 Å². The van der Waals surface area contributed by atoms with Crippen molar-refractivity contribution < 1.29 is 13.5 Å². The van der Waals surface area contributed by atoms with Crippen LogP contribution in [0.1, 0.15) is 18.0 Å². The molecular weight excluding hydrogens is 445 g/mol. The van der Waals surface area contributed by atoms with Gasteiger partial charge >= 0.3 is 0 Å². The Bertz CT molecular complexity index is 1320. The van der Waals surface area contributed by atoms with Crippen LogP contribution in [-0.2, 0) is 6.42 Å². The summed E-state index contributed by atoms with van der Waals surface area (Å²) in [5.74, 6) is 1.11. The summed E-state index contributed by atoms with van der Waals surface area (Å²) in [4.78, 5) is 18.4. The van der Waals surface area contributed by atoms with E-state index in [9.17, 15) is 13.5 Å². The van der Waals surface area contributed by atoms with Gasteiger partial charge in [0, 0.05) is 48.1 Å².